The van der Waals surface area contributed by atoms with E-state index in [0.29, 0.717) is 13.0 Å². The van der Waals surface area contributed by atoms with Gasteiger partial charge in [0.25, 0.3) is 0 Å². The van der Waals surface area contributed by atoms with Crippen molar-refractivity contribution in [3.05, 3.63) is 29.8 Å². The van der Waals surface area contributed by atoms with E-state index in [1.165, 1.54) is 37.8 Å². The molecule has 1 aromatic rings. The normalized spacial score (nSPS) is 16.2. The summed E-state index contributed by atoms with van der Waals surface area (Å²) in [4.78, 5) is 18.5. The lowest BCUT2D eigenvalue weighted by Crippen LogP contribution is -2.41. The fourth-order valence-electron chi connectivity index (χ4n) is 3.41. The second-order valence-corrected chi connectivity index (χ2v) is 7.49. The maximum atomic E-state index is 11.9. The molecule has 2 rings (SSSR count). The lowest BCUT2D eigenvalue weighted by atomic mass is 9.90. The zero-order valence-electron chi connectivity index (χ0n) is 17.5. The molecule has 1 heterocycles. The molecule has 1 amide bonds. The smallest absolute Gasteiger partial charge is 0.225 e. The number of anilines is 1. The zero-order chi connectivity index (χ0) is 19.5. The molecule has 0 aliphatic carbocycles. The predicted octanol–water partition coefficient (Wildman–Crippen LogP) is 3.41. The first-order valence-corrected chi connectivity index (χ1v) is 10.1. The van der Waals surface area contributed by atoms with Gasteiger partial charge in [-0.25, -0.2) is 0 Å². The van der Waals surface area contributed by atoms with Gasteiger partial charge in [0.2, 0.25) is 5.91 Å². The van der Waals surface area contributed by atoms with Gasteiger partial charge in [-0.1, -0.05) is 37.5 Å². The summed E-state index contributed by atoms with van der Waals surface area (Å²) in [6, 6.07) is 8.03. The molecule has 0 saturated heterocycles. The molecule has 7 heteroatoms. The van der Waals surface area contributed by atoms with E-state index < -0.39 is 0 Å². The van der Waals surface area contributed by atoms with Crippen LogP contribution in [0.4, 0.5) is 5.69 Å². The van der Waals surface area contributed by atoms with Gasteiger partial charge in [-0.15, -0.1) is 24.0 Å². The highest BCUT2D eigenvalue weighted by Crippen LogP contribution is 2.31. The van der Waals surface area contributed by atoms with Crippen LogP contribution in [0.2, 0.25) is 0 Å². The summed E-state index contributed by atoms with van der Waals surface area (Å²) in [6.07, 6.45) is 6.77. The molecule has 158 valence electrons. The molecule has 0 fully saturated rings. The Morgan fingerprint density at radius 2 is 1.86 bits per heavy atom. The van der Waals surface area contributed by atoms with Crippen LogP contribution in [0, 0.1) is 0 Å². The first kappa shape index (κ1) is 24.7. The molecule has 1 atom stereocenters. The number of unbranched alkanes of at least 4 members (excludes halogenated alkanes) is 4. The number of amides is 1. The van der Waals surface area contributed by atoms with E-state index in [9.17, 15) is 4.79 Å². The van der Waals surface area contributed by atoms with Crippen LogP contribution >= 0.6 is 24.0 Å². The summed E-state index contributed by atoms with van der Waals surface area (Å²) in [7, 11) is 6.04. The number of benzene rings is 1. The van der Waals surface area contributed by atoms with Crippen LogP contribution in [0.25, 0.3) is 0 Å². The molecule has 1 aromatic carbocycles. The fourth-order valence-corrected chi connectivity index (χ4v) is 3.41. The van der Waals surface area contributed by atoms with Crippen molar-refractivity contribution in [1.82, 2.24) is 15.5 Å². The van der Waals surface area contributed by atoms with Gasteiger partial charge in [-0.3, -0.25) is 9.79 Å². The van der Waals surface area contributed by atoms with Crippen molar-refractivity contribution in [1.29, 1.82) is 0 Å². The minimum absolute atomic E-state index is 0. The van der Waals surface area contributed by atoms with Crippen molar-refractivity contribution in [2.45, 2.75) is 44.4 Å². The van der Waals surface area contributed by atoms with E-state index in [1.807, 2.05) is 18.2 Å². The number of para-hydroxylation sites is 1. The summed E-state index contributed by atoms with van der Waals surface area (Å²) in [5, 5.41) is 9.71. The van der Waals surface area contributed by atoms with Crippen molar-refractivity contribution in [2.24, 2.45) is 4.99 Å². The Bertz CT molecular complexity index is 621. The minimum Gasteiger partial charge on any atom is -0.356 e. The van der Waals surface area contributed by atoms with Crippen molar-refractivity contribution in [2.75, 3.05) is 46.1 Å². The average molecular weight is 501 g/mol. The zero-order valence-corrected chi connectivity index (χ0v) is 19.8. The summed E-state index contributed by atoms with van der Waals surface area (Å²) < 4.78 is 0. The molecule has 0 aromatic heterocycles. The molecule has 0 radical (unpaired) electrons. The molecule has 0 bridgehead atoms. The van der Waals surface area contributed by atoms with Crippen molar-refractivity contribution >= 4 is 41.5 Å². The number of hydrogen-bond donors (Lipinski definition) is 3. The highest BCUT2D eigenvalue weighted by Gasteiger charge is 2.24. The molecule has 1 aliphatic heterocycles. The maximum absolute atomic E-state index is 11.9. The lowest BCUT2D eigenvalue weighted by Gasteiger charge is -2.26. The number of aliphatic imine (C=N–C) groups is 1. The van der Waals surface area contributed by atoms with Gasteiger partial charge in [0.05, 0.1) is 0 Å². The van der Waals surface area contributed by atoms with Crippen LogP contribution in [0.3, 0.4) is 0 Å². The fraction of sp³-hybridized carbons (Fsp3) is 0.619. The molecule has 6 nitrogen and oxygen atoms in total. The number of halogens is 1. The third kappa shape index (κ3) is 8.77. The van der Waals surface area contributed by atoms with Gasteiger partial charge in [-0.05, 0) is 45.1 Å². The maximum Gasteiger partial charge on any atom is 0.225 e. The Morgan fingerprint density at radius 3 is 2.61 bits per heavy atom. The predicted molar refractivity (Wildman–Crippen MR) is 129 cm³/mol. The van der Waals surface area contributed by atoms with Crippen LogP contribution in [0.1, 0.15) is 50.0 Å². The second-order valence-electron chi connectivity index (χ2n) is 7.49. The number of guanidine groups is 1. The Kier molecular flexibility index (Phi) is 12.1. The average Bonchev–Trinajstić information content (AvgIpc) is 2.65. The first-order chi connectivity index (χ1) is 13.1. The van der Waals surface area contributed by atoms with Crippen LogP contribution < -0.4 is 16.0 Å². The van der Waals surface area contributed by atoms with Crippen molar-refractivity contribution in [3.8, 4) is 0 Å². The number of nitrogens with zero attached hydrogens (tertiary/aromatic N) is 2. The Hall–Kier alpha value is -1.35. The molecule has 0 saturated carbocycles. The van der Waals surface area contributed by atoms with Gasteiger partial charge < -0.3 is 20.9 Å². The lowest BCUT2D eigenvalue weighted by molar-refractivity contribution is -0.116. The van der Waals surface area contributed by atoms with Gasteiger partial charge in [0, 0.05) is 38.2 Å². The van der Waals surface area contributed by atoms with Crippen LogP contribution in [0.5, 0.6) is 0 Å². The minimum atomic E-state index is 0. The Balaban J connectivity index is 0.00000392. The van der Waals surface area contributed by atoms with Crippen molar-refractivity contribution < 1.29 is 4.79 Å². The molecule has 1 unspecified atom stereocenters. The van der Waals surface area contributed by atoms with E-state index in [2.05, 4.69) is 46.0 Å². The Labute approximate surface area is 187 Å². The van der Waals surface area contributed by atoms with Crippen molar-refractivity contribution in [3.63, 3.8) is 0 Å². The largest absolute Gasteiger partial charge is 0.356 e. The summed E-state index contributed by atoms with van der Waals surface area (Å²) in [6.45, 7) is 2.81. The quantitative estimate of drug-likeness (QED) is 0.199. The summed E-state index contributed by atoms with van der Waals surface area (Å²) in [5.41, 5.74) is 2.12. The van der Waals surface area contributed by atoms with Gasteiger partial charge >= 0.3 is 0 Å². The number of rotatable bonds is 10. The highest BCUT2D eigenvalue weighted by molar-refractivity contribution is 14.0. The number of hydrogen-bond acceptors (Lipinski definition) is 3. The topological polar surface area (TPSA) is 68.8 Å². The number of nitrogens with one attached hydrogen (secondary N) is 3. The van der Waals surface area contributed by atoms with Crippen LogP contribution in [-0.4, -0.2) is 57.5 Å². The molecule has 3 N–H and O–H groups in total. The van der Waals surface area contributed by atoms with E-state index >= 15 is 0 Å². The molecular weight excluding hydrogens is 465 g/mol. The summed E-state index contributed by atoms with van der Waals surface area (Å²) in [5.74, 6) is 1.06. The number of fused-ring (bicyclic) bond motifs is 1. The van der Waals surface area contributed by atoms with Gasteiger partial charge in [0.1, 0.15) is 0 Å². The van der Waals surface area contributed by atoms with Crippen LogP contribution in [-0.2, 0) is 4.79 Å². The van der Waals surface area contributed by atoms with Gasteiger partial charge in [0.15, 0.2) is 5.96 Å². The third-order valence-corrected chi connectivity index (χ3v) is 4.92. The SMILES string of the molecule is CN=C(NCCCCCCCN(C)C)NCC1CC(=O)Nc2ccccc21.I. The standard InChI is InChI=1S/C21H35N5O.HI/c1-22-21(23-13-9-5-4-6-10-14-26(2)3)24-16-17-15-20(27)25-19-12-8-7-11-18(17)19;/h7-8,11-12,17H,4-6,9-10,13-16H2,1-3H3,(H,25,27)(H2,22,23,24);1H. The molecular formula is C21H36IN5O. The second kappa shape index (κ2) is 13.8. The molecule has 28 heavy (non-hydrogen) atoms. The monoisotopic (exact) mass is 501 g/mol. The highest BCUT2D eigenvalue weighted by atomic mass is 127. The van der Waals surface area contributed by atoms with E-state index in [0.717, 1.165) is 24.6 Å². The van der Waals surface area contributed by atoms with E-state index in [1.54, 1.807) is 7.05 Å². The number of carbonyl (C=O) groups excluding carboxylic acids is 1. The molecule has 1 aliphatic rings. The number of carbonyl (C=O) groups is 1. The van der Waals surface area contributed by atoms with E-state index in [-0.39, 0.29) is 35.8 Å². The summed E-state index contributed by atoms with van der Waals surface area (Å²) >= 11 is 0. The van der Waals surface area contributed by atoms with E-state index in [4.69, 9.17) is 0 Å². The molecule has 0 spiro atoms. The first-order valence-electron chi connectivity index (χ1n) is 10.1. The van der Waals surface area contributed by atoms with Crippen LogP contribution in [0.15, 0.2) is 29.3 Å². The Morgan fingerprint density at radius 1 is 1.14 bits per heavy atom. The van der Waals surface area contributed by atoms with Gasteiger partial charge in [-0.2, -0.15) is 0 Å². The third-order valence-electron chi connectivity index (χ3n) is 4.92.